The van der Waals surface area contributed by atoms with E-state index in [2.05, 4.69) is 45.9 Å². The highest BCUT2D eigenvalue weighted by Crippen LogP contribution is 2.40. The first kappa shape index (κ1) is 22.0. The van der Waals surface area contributed by atoms with Gasteiger partial charge in [0, 0.05) is 6.20 Å². The van der Waals surface area contributed by atoms with Gasteiger partial charge in [-0.05, 0) is 36.5 Å². The number of hydrogen-bond acceptors (Lipinski definition) is 3. The van der Waals surface area contributed by atoms with Crippen molar-refractivity contribution < 1.29 is 13.0 Å². The molecule has 0 aliphatic carbocycles. The van der Waals surface area contributed by atoms with Crippen LogP contribution in [-0.2, 0) is 22.1 Å². The smallest absolute Gasteiger partial charge is 0.267 e. The van der Waals surface area contributed by atoms with Gasteiger partial charge in [-0.1, -0.05) is 91.0 Å². The van der Waals surface area contributed by atoms with Crippen LogP contribution < -0.4 is 0 Å². The van der Waals surface area contributed by atoms with Gasteiger partial charge in [-0.25, -0.2) is 4.98 Å². The minimum atomic E-state index is -4.06. The van der Waals surface area contributed by atoms with Crippen molar-refractivity contribution in [2.75, 3.05) is 0 Å². The Bertz CT molecular complexity index is 1160. The van der Waals surface area contributed by atoms with Crippen LogP contribution in [0.4, 0.5) is 0 Å². The van der Waals surface area contributed by atoms with E-state index in [0.29, 0.717) is 12.8 Å². The molecule has 4 aromatic rings. The second-order valence-corrected chi connectivity index (χ2v) is 9.78. The molecule has 6 heteroatoms. The zero-order chi connectivity index (χ0) is 22.6. The van der Waals surface area contributed by atoms with E-state index in [9.17, 15) is 13.0 Å². The fraction of sp³-hybridized carbons (Fsp3) is 0.192. The van der Waals surface area contributed by atoms with Crippen LogP contribution in [0.25, 0.3) is 0 Å². The Morgan fingerprint density at radius 1 is 0.844 bits per heavy atom. The topological polar surface area (TPSA) is 72.2 Å². The van der Waals surface area contributed by atoms with E-state index in [-0.39, 0.29) is 0 Å². The minimum Gasteiger partial charge on any atom is -0.319 e. The minimum absolute atomic E-state index is 0.296. The molecule has 1 unspecified atom stereocenters. The molecule has 32 heavy (non-hydrogen) atoms. The Kier molecular flexibility index (Phi) is 6.26. The molecule has 1 heterocycles. The summed E-state index contributed by atoms with van der Waals surface area (Å²) in [4.78, 5) is 4.60. The molecule has 4 rings (SSSR count). The third-order valence-corrected chi connectivity index (χ3v) is 7.17. The highest BCUT2D eigenvalue weighted by atomic mass is 32.2. The van der Waals surface area contributed by atoms with Gasteiger partial charge in [0.15, 0.2) is 0 Å². The molecule has 0 aliphatic heterocycles. The van der Waals surface area contributed by atoms with Crippen molar-refractivity contribution >= 4 is 10.1 Å². The summed E-state index contributed by atoms with van der Waals surface area (Å²) in [7, 11) is -4.06. The van der Waals surface area contributed by atoms with E-state index in [0.717, 1.165) is 22.4 Å². The standard InChI is InChI=1S/C26H26N2O3S/c1-21(32(29,30)31)17-18-25-19-28(20-27-25)26(22-11-5-2-6-12-22,23-13-7-3-8-14-23)24-15-9-4-10-16-24/h2-16,19-21H,17-18H2,1H3,(H,29,30,31). The summed E-state index contributed by atoms with van der Waals surface area (Å²) in [5.41, 5.74) is 3.39. The van der Waals surface area contributed by atoms with Gasteiger partial charge < -0.3 is 4.57 Å². The lowest BCUT2D eigenvalue weighted by Gasteiger charge is -2.37. The SMILES string of the molecule is CC(CCc1cn(C(c2ccccc2)(c2ccccc2)c2ccccc2)cn1)S(=O)(=O)O. The molecule has 0 spiro atoms. The summed E-state index contributed by atoms with van der Waals surface area (Å²) >= 11 is 0. The van der Waals surface area contributed by atoms with Crippen LogP contribution in [0.1, 0.15) is 35.7 Å². The summed E-state index contributed by atoms with van der Waals surface area (Å²) in [5.74, 6) is 0. The molecule has 5 nitrogen and oxygen atoms in total. The van der Waals surface area contributed by atoms with Crippen molar-refractivity contribution in [3.63, 3.8) is 0 Å². The van der Waals surface area contributed by atoms with E-state index < -0.39 is 20.9 Å². The lowest BCUT2D eigenvalue weighted by atomic mass is 9.77. The summed E-state index contributed by atoms with van der Waals surface area (Å²) in [6.07, 6.45) is 4.53. The summed E-state index contributed by atoms with van der Waals surface area (Å²) in [6, 6.07) is 30.8. The van der Waals surface area contributed by atoms with Gasteiger partial charge in [0.25, 0.3) is 10.1 Å². The third kappa shape index (κ3) is 4.24. The maximum atomic E-state index is 11.4. The van der Waals surface area contributed by atoms with Gasteiger partial charge in [-0.2, -0.15) is 8.42 Å². The van der Waals surface area contributed by atoms with Gasteiger partial charge in [0.05, 0.1) is 17.3 Å². The summed E-state index contributed by atoms with van der Waals surface area (Å²) in [5, 5.41) is -0.838. The maximum absolute atomic E-state index is 11.4. The average molecular weight is 447 g/mol. The highest BCUT2D eigenvalue weighted by Gasteiger charge is 2.38. The molecular formula is C26H26N2O3S. The fourth-order valence-corrected chi connectivity index (χ4v) is 4.58. The number of imidazole rings is 1. The predicted octanol–water partition coefficient (Wildman–Crippen LogP) is 4.93. The Hall–Kier alpha value is -3.22. The van der Waals surface area contributed by atoms with Crippen LogP contribution in [-0.4, -0.2) is 27.8 Å². The van der Waals surface area contributed by atoms with Crippen molar-refractivity contribution in [1.82, 2.24) is 9.55 Å². The monoisotopic (exact) mass is 446 g/mol. The number of benzene rings is 3. The Labute approximate surface area is 189 Å². The first-order valence-electron chi connectivity index (χ1n) is 10.6. The zero-order valence-electron chi connectivity index (χ0n) is 17.9. The highest BCUT2D eigenvalue weighted by molar-refractivity contribution is 7.86. The molecule has 1 atom stereocenters. The Morgan fingerprint density at radius 3 is 1.69 bits per heavy atom. The van der Waals surface area contributed by atoms with Crippen molar-refractivity contribution in [1.29, 1.82) is 0 Å². The van der Waals surface area contributed by atoms with Crippen LogP contribution in [0.5, 0.6) is 0 Å². The van der Waals surface area contributed by atoms with Crippen LogP contribution in [0.15, 0.2) is 104 Å². The molecule has 0 bridgehead atoms. The van der Waals surface area contributed by atoms with Crippen LogP contribution in [0, 0.1) is 0 Å². The first-order chi connectivity index (χ1) is 15.4. The van der Waals surface area contributed by atoms with E-state index >= 15 is 0 Å². The van der Waals surface area contributed by atoms with E-state index in [1.807, 2.05) is 60.8 Å². The van der Waals surface area contributed by atoms with Crippen molar-refractivity contribution in [2.24, 2.45) is 0 Å². The predicted molar refractivity (Wildman–Crippen MR) is 126 cm³/mol. The molecule has 1 N–H and O–H groups in total. The number of aromatic nitrogens is 2. The fourth-order valence-electron chi connectivity index (χ4n) is 4.16. The molecule has 3 aromatic carbocycles. The molecule has 0 aliphatic rings. The Morgan fingerprint density at radius 2 is 1.28 bits per heavy atom. The maximum Gasteiger partial charge on any atom is 0.267 e. The van der Waals surface area contributed by atoms with Crippen molar-refractivity contribution in [3.8, 4) is 0 Å². The van der Waals surface area contributed by atoms with Crippen LogP contribution in [0.3, 0.4) is 0 Å². The quantitative estimate of drug-likeness (QED) is 0.308. The summed E-state index contributed by atoms with van der Waals surface area (Å²) in [6.45, 7) is 1.51. The molecule has 0 saturated carbocycles. The third-order valence-electron chi connectivity index (χ3n) is 5.91. The lowest BCUT2D eigenvalue weighted by Crippen LogP contribution is -2.36. The normalized spacial score (nSPS) is 13.1. The number of rotatable bonds is 8. The van der Waals surface area contributed by atoms with Crippen LogP contribution >= 0.6 is 0 Å². The van der Waals surface area contributed by atoms with E-state index in [4.69, 9.17) is 0 Å². The Balaban J connectivity index is 1.87. The molecule has 164 valence electrons. The second kappa shape index (κ2) is 9.10. The van der Waals surface area contributed by atoms with Crippen LogP contribution in [0.2, 0.25) is 0 Å². The van der Waals surface area contributed by atoms with Gasteiger partial charge in [-0.3, -0.25) is 4.55 Å². The zero-order valence-corrected chi connectivity index (χ0v) is 18.7. The second-order valence-electron chi connectivity index (χ2n) is 7.95. The number of hydrogen-bond donors (Lipinski definition) is 1. The molecular weight excluding hydrogens is 420 g/mol. The number of nitrogens with zero attached hydrogens (tertiary/aromatic N) is 2. The van der Waals surface area contributed by atoms with Gasteiger partial charge in [0.2, 0.25) is 0 Å². The molecule has 0 amide bonds. The molecule has 0 radical (unpaired) electrons. The van der Waals surface area contributed by atoms with E-state index in [1.165, 1.54) is 6.92 Å². The van der Waals surface area contributed by atoms with Crippen molar-refractivity contribution in [2.45, 2.75) is 30.6 Å². The lowest BCUT2D eigenvalue weighted by molar-refractivity contribution is 0.466. The largest absolute Gasteiger partial charge is 0.319 e. The van der Waals surface area contributed by atoms with Gasteiger partial charge >= 0.3 is 0 Å². The molecule has 0 fully saturated rings. The van der Waals surface area contributed by atoms with Crippen molar-refractivity contribution in [3.05, 3.63) is 126 Å². The van der Waals surface area contributed by atoms with E-state index in [1.54, 1.807) is 6.33 Å². The molecule has 1 aromatic heterocycles. The molecule has 0 saturated heterocycles. The summed E-state index contributed by atoms with van der Waals surface area (Å²) < 4.78 is 34.2. The van der Waals surface area contributed by atoms with Gasteiger partial charge in [-0.15, -0.1) is 0 Å². The first-order valence-corrected chi connectivity index (χ1v) is 12.1. The average Bonchev–Trinajstić information content (AvgIpc) is 3.29. The van der Waals surface area contributed by atoms with Gasteiger partial charge in [0.1, 0.15) is 5.54 Å². The number of aryl methyl sites for hydroxylation is 1.